The number of rotatable bonds is 4. The van der Waals surface area contributed by atoms with Gasteiger partial charge in [-0.05, 0) is 55.7 Å². The van der Waals surface area contributed by atoms with Gasteiger partial charge in [-0.15, -0.1) is 0 Å². The van der Waals surface area contributed by atoms with Crippen LogP contribution in [0.25, 0.3) is 0 Å². The minimum Gasteiger partial charge on any atom is -0.342 e. The van der Waals surface area contributed by atoms with Gasteiger partial charge in [0.05, 0.1) is 0 Å². The third kappa shape index (κ3) is 3.78. The molecular weight excluding hydrogens is 326 g/mol. The maximum atomic E-state index is 12.9. The molecule has 142 valence electrons. The summed E-state index contributed by atoms with van der Waals surface area (Å²) in [5.41, 5.74) is 8.13. The molecule has 0 aliphatic carbocycles. The fourth-order valence-electron chi connectivity index (χ4n) is 4.07. The lowest BCUT2D eigenvalue weighted by Crippen LogP contribution is -2.46. The smallest absolute Gasteiger partial charge is 0.239 e. The highest BCUT2D eigenvalue weighted by molar-refractivity contribution is 6.09. The van der Waals surface area contributed by atoms with Gasteiger partial charge in [-0.25, -0.2) is 0 Å². The summed E-state index contributed by atoms with van der Waals surface area (Å²) in [5.74, 6) is 0.369. The number of anilines is 1. The van der Waals surface area contributed by atoms with Crippen LogP contribution in [0.1, 0.15) is 51.5 Å². The molecule has 0 saturated carbocycles. The fourth-order valence-corrected chi connectivity index (χ4v) is 4.07. The number of nitrogens with two attached hydrogens (primary N) is 1. The molecule has 5 heteroatoms. The first-order chi connectivity index (χ1) is 12.4. The lowest BCUT2D eigenvalue weighted by Gasteiger charge is -2.34. The molecule has 1 aromatic rings. The number of benzene rings is 1. The summed E-state index contributed by atoms with van der Waals surface area (Å²) in [6, 6.07) is 8.30. The van der Waals surface area contributed by atoms with E-state index in [1.165, 1.54) is 5.56 Å². The highest BCUT2D eigenvalue weighted by atomic mass is 16.2. The minimum atomic E-state index is -0.522. The van der Waals surface area contributed by atoms with E-state index in [2.05, 4.69) is 26.0 Å². The third-order valence-corrected chi connectivity index (χ3v) is 5.97. The van der Waals surface area contributed by atoms with Crippen LogP contribution in [0.15, 0.2) is 24.3 Å². The molecular formula is C21H31N3O2. The van der Waals surface area contributed by atoms with E-state index in [-0.39, 0.29) is 17.9 Å². The molecule has 3 rings (SSSR count). The van der Waals surface area contributed by atoms with Crippen LogP contribution < -0.4 is 10.6 Å². The summed E-state index contributed by atoms with van der Waals surface area (Å²) in [4.78, 5) is 29.3. The average Bonchev–Trinajstić information content (AvgIpc) is 3.02. The van der Waals surface area contributed by atoms with Crippen molar-refractivity contribution in [2.24, 2.45) is 17.6 Å². The van der Waals surface area contributed by atoms with Crippen LogP contribution in [0, 0.1) is 11.8 Å². The van der Waals surface area contributed by atoms with Crippen LogP contribution in [0.4, 0.5) is 5.69 Å². The Hall–Kier alpha value is -1.88. The predicted octanol–water partition coefficient (Wildman–Crippen LogP) is 2.75. The zero-order valence-electron chi connectivity index (χ0n) is 16.1. The van der Waals surface area contributed by atoms with Crippen molar-refractivity contribution in [3.05, 3.63) is 29.8 Å². The fraction of sp³-hybridized carbons (Fsp3) is 0.619. The van der Waals surface area contributed by atoms with Crippen molar-refractivity contribution in [1.29, 1.82) is 0 Å². The minimum absolute atomic E-state index is 0.000532. The quantitative estimate of drug-likeness (QED) is 0.843. The second kappa shape index (κ2) is 7.78. The van der Waals surface area contributed by atoms with Crippen molar-refractivity contribution in [2.45, 2.75) is 52.0 Å². The van der Waals surface area contributed by atoms with E-state index in [9.17, 15) is 9.59 Å². The summed E-state index contributed by atoms with van der Waals surface area (Å²) in [6.07, 6.45) is 2.48. The molecule has 0 bridgehead atoms. The molecule has 2 atom stereocenters. The molecule has 2 aliphatic heterocycles. The number of carbonyl (C=O) groups is 2. The number of hydrogen-bond donors (Lipinski definition) is 1. The summed E-state index contributed by atoms with van der Waals surface area (Å²) in [7, 11) is 0. The van der Waals surface area contributed by atoms with Crippen LogP contribution in [0.2, 0.25) is 0 Å². The standard InChI is InChI=1S/C21H31N3O2/c1-14(2)16-4-6-18(7-5-16)24-13-10-19(21(24)26)20(25)23-11-8-17(9-12-23)15(3)22/h4-7,14-15,17,19H,8-13,22H2,1-3H3. The van der Waals surface area contributed by atoms with Crippen molar-refractivity contribution in [3.8, 4) is 0 Å². The first kappa shape index (κ1) is 18.9. The zero-order valence-corrected chi connectivity index (χ0v) is 16.1. The van der Waals surface area contributed by atoms with Gasteiger partial charge in [0.25, 0.3) is 0 Å². The largest absolute Gasteiger partial charge is 0.342 e. The van der Waals surface area contributed by atoms with E-state index in [0.717, 1.165) is 31.6 Å². The Bertz CT molecular complexity index is 646. The lowest BCUT2D eigenvalue weighted by atomic mass is 9.90. The highest BCUT2D eigenvalue weighted by Crippen LogP contribution is 2.29. The Morgan fingerprint density at radius 3 is 2.19 bits per heavy atom. The van der Waals surface area contributed by atoms with Gasteiger partial charge in [-0.3, -0.25) is 9.59 Å². The van der Waals surface area contributed by atoms with Crippen molar-refractivity contribution in [3.63, 3.8) is 0 Å². The molecule has 26 heavy (non-hydrogen) atoms. The Morgan fingerprint density at radius 2 is 1.65 bits per heavy atom. The Morgan fingerprint density at radius 1 is 1.04 bits per heavy atom. The number of likely N-dealkylation sites (tertiary alicyclic amines) is 1. The Labute approximate surface area is 156 Å². The van der Waals surface area contributed by atoms with Crippen LogP contribution in [-0.2, 0) is 9.59 Å². The van der Waals surface area contributed by atoms with Gasteiger partial charge in [0.2, 0.25) is 11.8 Å². The van der Waals surface area contributed by atoms with Gasteiger partial charge < -0.3 is 15.5 Å². The number of amides is 2. The number of hydrogen-bond acceptors (Lipinski definition) is 3. The molecule has 2 unspecified atom stereocenters. The van der Waals surface area contributed by atoms with Gasteiger partial charge in [-0.2, -0.15) is 0 Å². The molecule has 2 amide bonds. The molecule has 2 N–H and O–H groups in total. The average molecular weight is 357 g/mol. The molecule has 2 aliphatic rings. The highest BCUT2D eigenvalue weighted by Gasteiger charge is 2.40. The maximum Gasteiger partial charge on any atom is 0.239 e. The monoisotopic (exact) mass is 357 g/mol. The molecule has 5 nitrogen and oxygen atoms in total. The first-order valence-electron chi connectivity index (χ1n) is 9.84. The Balaban J connectivity index is 1.62. The van der Waals surface area contributed by atoms with E-state index in [1.54, 1.807) is 4.90 Å². The van der Waals surface area contributed by atoms with Crippen molar-refractivity contribution < 1.29 is 9.59 Å². The van der Waals surface area contributed by atoms with Crippen LogP contribution in [0.3, 0.4) is 0 Å². The van der Waals surface area contributed by atoms with Gasteiger partial charge in [0.1, 0.15) is 5.92 Å². The SMILES string of the molecule is CC(C)c1ccc(N2CCC(C(=O)N3CCC(C(C)N)CC3)C2=O)cc1. The van der Waals surface area contributed by atoms with E-state index in [4.69, 9.17) is 5.73 Å². The summed E-state index contributed by atoms with van der Waals surface area (Å²) in [6.45, 7) is 8.39. The maximum absolute atomic E-state index is 12.9. The molecule has 0 spiro atoms. The molecule has 2 heterocycles. The van der Waals surface area contributed by atoms with Gasteiger partial charge in [0, 0.05) is 31.4 Å². The molecule has 0 aromatic heterocycles. The second-order valence-corrected chi connectivity index (χ2v) is 8.10. The van der Waals surface area contributed by atoms with E-state index in [0.29, 0.717) is 24.8 Å². The molecule has 1 aromatic carbocycles. The number of piperidine rings is 1. The van der Waals surface area contributed by atoms with E-state index in [1.807, 2.05) is 24.0 Å². The van der Waals surface area contributed by atoms with E-state index < -0.39 is 5.92 Å². The number of nitrogens with zero attached hydrogens (tertiary/aromatic N) is 2. The van der Waals surface area contributed by atoms with Crippen LogP contribution in [0.5, 0.6) is 0 Å². The van der Waals surface area contributed by atoms with Crippen molar-refractivity contribution >= 4 is 17.5 Å². The van der Waals surface area contributed by atoms with Crippen LogP contribution >= 0.6 is 0 Å². The topological polar surface area (TPSA) is 66.6 Å². The van der Waals surface area contributed by atoms with Gasteiger partial charge in [-0.1, -0.05) is 26.0 Å². The molecule has 2 fully saturated rings. The molecule has 2 saturated heterocycles. The van der Waals surface area contributed by atoms with Gasteiger partial charge >= 0.3 is 0 Å². The van der Waals surface area contributed by atoms with Crippen molar-refractivity contribution in [2.75, 3.05) is 24.5 Å². The predicted molar refractivity (Wildman–Crippen MR) is 104 cm³/mol. The summed E-state index contributed by atoms with van der Waals surface area (Å²) in [5, 5.41) is 0. The van der Waals surface area contributed by atoms with Crippen molar-refractivity contribution in [1.82, 2.24) is 4.90 Å². The van der Waals surface area contributed by atoms with Gasteiger partial charge in [0.15, 0.2) is 0 Å². The molecule has 0 radical (unpaired) electrons. The second-order valence-electron chi connectivity index (χ2n) is 8.10. The lowest BCUT2D eigenvalue weighted by molar-refractivity contribution is -0.141. The summed E-state index contributed by atoms with van der Waals surface area (Å²) >= 11 is 0. The summed E-state index contributed by atoms with van der Waals surface area (Å²) < 4.78 is 0. The zero-order chi connectivity index (χ0) is 18.8. The third-order valence-electron chi connectivity index (χ3n) is 5.97. The van der Waals surface area contributed by atoms with Crippen LogP contribution in [-0.4, -0.2) is 42.4 Å². The number of carbonyl (C=O) groups excluding carboxylic acids is 2. The van der Waals surface area contributed by atoms with E-state index >= 15 is 0 Å². The Kier molecular flexibility index (Phi) is 5.66. The first-order valence-corrected chi connectivity index (χ1v) is 9.84. The normalized spacial score (nSPS) is 23.0.